The van der Waals surface area contributed by atoms with E-state index in [1.165, 1.54) is 6.07 Å². The van der Waals surface area contributed by atoms with Gasteiger partial charge in [-0.25, -0.2) is 4.39 Å². The summed E-state index contributed by atoms with van der Waals surface area (Å²) < 4.78 is 14.1. The van der Waals surface area contributed by atoms with E-state index in [0.29, 0.717) is 10.6 Å². The molecule has 3 rings (SSSR count). The number of halogens is 2. The van der Waals surface area contributed by atoms with Crippen LogP contribution in [0.5, 0.6) is 0 Å². The summed E-state index contributed by atoms with van der Waals surface area (Å²) in [4.78, 5) is 14.5. The van der Waals surface area contributed by atoms with Gasteiger partial charge in [-0.15, -0.1) is 0 Å². The molecule has 0 aliphatic heterocycles. The second-order valence-corrected chi connectivity index (χ2v) is 6.62. The minimum absolute atomic E-state index is 0.0568. The van der Waals surface area contributed by atoms with Gasteiger partial charge in [-0.2, -0.15) is 0 Å². The number of hydrogen-bond acceptors (Lipinski definition) is 2. The second-order valence-electron chi connectivity index (χ2n) is 6.21. The molecule has 3 nitrogen and oxygen atoms in total. The number of nitrogens with zero attached hydrogens (tertiary/aromatic N) is 1. The van der Waals surface area contributed by atoms with Crippen LogP contribution in [0.1, 0.15) is 30.0 Å². The first-order valence-electron chi connectivity index (χ1n) is 8.04. The van der Waals surface area contributed by atoms with Gasteiger partial charge >= 0.3 is 0 Å². The zero-order valence-electron chi connectivity index (χ0n) is 13.5. The van der Waals surface area contributed by atoms with Crippen molar-refractivity contribution < 1.29 is 9.18 Å². The molecule has 1 N–H and O–H groups in total. The highest BCUT2D eigenvalue weighted by Gasteiger charge is 2.31. The van der Waals surface area contributed by atoms with Crippen molar-refractivity contribution in [1.82, 2.24) is 10.2 Å². The van der Waals surface area contributed by atoms with Crippen LogP contribution >= 0.6 is 11.6 Å². The normalized spacial score (nSPS) is 15.3. The molecule has 1 amide bonds. The molecule has 24 heavy (non-hydrogen) atoms. The molecule has 0 heterocycles. The minimum atomic E-state index is -0.484. The van der Waals surface area contributed by atoms with Crippen molar-refractivity contribution in [1.29, 1.82) is 0 Å². The van der Waals surface area contributed by atoms with E-state index in [1.54, 1.807) is 12.1 Å². The van der Waals surface area contributed by atoms with Crippen LogP contribution in [0.25, 0.3) is 0 Å². The molecule has 0 spiro atoms. The van der Waals surface area contributed by atoms with Crippen LogP contribution in [-0.4, -0.2) is 23.9 Å². The Labute approximate surface area is 146 Å². The van der Waals surface area contributed by atoms with Gasteiger partial charge in [0, 0.05) is 23.2 Å². The number of carbonyl (C=O) groups is 1. The Bertz CT molecular complexity index is 698. The molecule has 1 fully saturated rings. The Morgan fingerprint density at radius 2 is 1.96 bits per heavy atom. The van der Waals surface area contributed by atoms with Gasteiger partial charge < -0.3 is 5.32 Å². The molecule has 1 aliphatic carbocycles. The molecular formula is C19H20ClFN2O. The molecule has 5 heteroatoms. The number of nitrogens with one attached hydrogen (secondary N) is 1. The summed E-state index contributed by atoms with van der Waals surface area (Å²) in [6.07, 6.45) is 2.05. The van der Waals surface area contributed by atoms with Crippen LogP contribution in [0.4, 0.5) is 4.39 Å². The molecule has 0 unspecified atom stereocenters. The summed E-state index contributed by atoms with van der Waals surface area (Å²) in [5, 5.41) is 3.41. The lowest BCUT2D eigenvalue weighted by Gasteiger charge is -2.28. The maximum atomic E-state index is 14.1. The lowest BCUT2D eigenvalue weighted by atomic mass is 10.0. The third-order valence-corrected chi connectivity index (χ3v) is 4.55. The second kappa shape index (κ2) is 7.32. The standard InChI is InChI=1S/C19H20ClFN2O/c1-23(12-15-16(20)8-5-9-17(15)21)18(13-6-3-2-4-7-13)19(24)22-14-10-11-14/h2-9,14,18H,10-12H2,1H3,(H,22,24)/t18-/m1/s1. The van der Waals surface area contributed by atoms with Gasteiger partial charge in [0.05, 0.1) is 0 Å². The largest absolute Gasteiger partial charge is 0.352 e. The van der Waals surface area contributed by atoms with Crippen molar-refractivity contribution in [2.45, 2.75) is 31.5 Å². The van der Waals surface area contributed by atoms with Gasteiger partial charge in [0.15, 0.2) is 0 Å². The Kier molecular flexibility index (Phi) is 5.17. The van der Waals surface area contributed by atoms with Crippen LogP contribution in [0.15, 0.2) is 48.5 Å². The number of amides is 1. The quantitative estimate of drug-likeness (QED) is 0.859. The van der Waals surface area contributed by atoms with Gasteiger partial charge in [0.2, 0.25) is 5.91 Å². The molecule has 1 saturated carbocycles. The van der Waals surface area contributed by atoms with Crippen molar-refractivity contribution in [2.75, 3.05) is 7.05 Å². The fraction of sp³-hybridized carbons (Fsp3) is 0.316. The van der Waals surface area contributed by atoms with Crippen molar-refractivity contribution >= 4 is 17.5 Å². The average molecular weight is 347 g/mol. The van der Waals surface area contributed by atoms with E-state index in [9.17, 15) is 9.18 Å². The topological polar surface area (TPSA) is 32.3 Å². The zero-order chi connectivity index (χ0) is 17.1. The summed E-state index contributed by atoms with van der Waals surface area (Å²) in [5.41, 5.74) is 1.28. The van der Waals surface area contributed by atoms with E-state index < -0.39 is 6.04 Å². The first kappa shape index (κ1) is 16.9. The van der Waals surface area contributed by atoms with Crippen LogP contribution in [0.2, 0.25) is 5.02 Å². The van der Waals surface area contributed by atoms with E-state index in [0.717, 1.165) is 18.4 Å². The summed E-state index contributed by atoms with van der Waals surface area (Å²) in [6.45, 7) is 0.253. The van der Waals surface area contributed by atoms with Gasteiger partial charge in [0.1, 0.15) is 11.9 Å². The Morgan fingerprint density at radius 3 is 2.58 bits per heavy atom. The number of rotatable bonds is 6. The molecule has 0 saturated heterocycles. The van der Waals surface area contributed by atoms with E-state index in [2.05, 4.69) is 5.32 Å². The van der Waals surface area contributed by atoms with Crippen molar-refractivity contribution in [3.05, 3.63) is 70.5 Å². The lowest BCUT2D eigenvalue weighted by Crippen LogP contribution is -2.39. The molecule has 0 bridgehead atoms. The molecule has 126 valence electrons. The fourth-order valence-corrected chi connectivity index (χ4v) is 3.00. The highest BCUT2D eigenvalue weighted by atomic mass is 35.5. The molecule has 0 radical (unpaired) electrons. The maximum Gasteiger partial charge on any atom is 0.242 e. The molecule has 2 aromatic carbocycles. The number of carbonyl (C=O) groups excluding carboxylic acids is 1. The predicted octanol–water partition coefficient (Wildman–Crippen LogP) is 3.93. The first-order valence-corrected chi connectivity index (χ1v) is 8.42. The predicted molar refractivity (Wildman–Crippen MR) is 93.2 cm³/mol. The number of benzene rings is 2. The number of likely N-dealkylation sites (N-methyl/N-ethyl adjacent to an activating group) is 1. The summed E-state index contributed by atoms with van der Waals surface area (Å²) >= 11 is 6.13. The summed E-state index contributed by atoms with van der Waals surface area (Å²) in [7, 11) is 1.81. The number of hydrogen-bond donors (Lipinski definition) is 1. The van der Waals surface area contributed by atoms with Crippen LogP contribution < -0.4 is 5.32 Å². The third-order valence-electron chi connectivity index (χ3n) is 4.20. The first-order chi connectivity index (χ1) is 11.6. The Hall–Kier alpha value is -1.91. The smallest absolute Gasteiger partial charge is 0.242 e. The maximum absolute atomic E-state index is 14.1. The van der Waals surface area contributed by atoms with Gasteiger partial charge in [0.25, 0.3) is 0 Å². The van der Waals surface area contributed by atoms with Gasteiger partial charge in [-0.3, -0.25) is 9.69 Å². The van der Waals surface area contributed by atoms with Crippen molar-refractivity contribution in [3.63, 3.8) is 0 Å². The third kappa shape index (κ3) is 3.94. The summed E-state index contributed by atoms with van der Waals surface area (Å²) in [5.74, 6) is -0.414. The molecule has 1 atom stereocenters. The van der Waals surface area contributed by atoms with E-state index >= 15 is 0 Å². The highest BCUT2D eigenvalue weighted by Crippen LogP contribution is 2.27. The Morgan fingerprint density at radius 1 is 1.25 bits per heavy atom. The monoisotopic (exact) mass is 346 g/mol. The van der Waals surface area contributed by atoms with Gasteiger partial charge in [-0.05, 0) is 37.6 Å². The van der Waals surface area contributed by atoms with Gasteiger partial charge in [-0.1, -0.05) is 48.0 Å². The molecule has 0 aromatic heterocycles. The summed E-state index contributed by atoms with van der Waals surface area (Å²) in [6, 6.07) is 14.0. The zero-order valence-corrected chi connectivity index (χ0v) is 14.3. The van der Waals surface area contributed by atoms with E-state index in [-0.39, 0.29) is 24.3 Å². The molecular weight excluding hydrogens is 327 g/mol. The van der Waals surface area contributed by atoms with E-state index in [1.807, 2.05) is 42.3 Å². The average Bonchev–Trinajstić information content (AvgIpc) is 3.36. The fourth-order valence-electron chi connectivity index (χ4n) is 2.77. The van der Waals surface area contributed by atoms with Crippen LogP contribution in [-0.2, 0) is 11.3 Å². The molecule has 2 aromatic rings. The van der Waals surface area contributed by atoms with Crippen molar-refractivity contribution in [3.8, 4) is 0 Å². The van der Waals surface area contributed by atoms with Crippen molar-refractivity contribution in [2.24, 2.45) is 0 Å². The van der Waals surface area contributed by atoms with E-state index in [4.69, 9.17) is 11.6 Å². The lowest BCUT2D eigenvalue weighted by molar-refractivity contribution is -0.126. The van der Waals surface area contributed by atoms with Crippen LogP contribution in [0, 0.1) is 5.82 Å². The SMILES string of the molecule is CN(Cc1c(F)cccc1Cl)[C@@H](C(=O)NC1CC1)c1ccccc1. The van der Waals surface area contributed by atoms with Crippen LogP contribution in [0.3, 0.4) is 0 Å². The molecule has 1 aliphatic rings. The minimum Gasteiger partial charge on any atom is -0.352 e. The Balaban J connectivity index is 1.85. The highest BCUT2D eigenvalue weighted by molar-refractivity contribution is 6.31.